The Morgan fingerprint density at radius 1 is 1.22 bits per heavy atom. The number of allylic oxidation sites excluding steroid dienone is 1. The average Bonchev–Trinajstić information content (AvgIpc) is 1.83. The highest BCUT2D eigenvalue weighted by Gasteiger charge is 1.91. The first-order valence-electron chi connectivity index (χ1n) is 2.07. The first-order valence-corrected chi connectivity index (χ1v) is 2.07. The minimum absolute atomic E-state index is 0.0411. The number of aldehydes is 1. The predicted molar refractivity (Wildman–Crippen MR) is 27.8 cm³/mol. The molecule has 0 aliphatic carbocycles. The Morgan fingerprint density at radius 3 is 2.11 bits per heavy atom. The van der Waals surface area contributed by atoms with Gasteiger partial charge in [0.1, 0.15) is 0 Å². The van der Waals surface area contributed by atoms with Gasteiger partial charge < -0.3 is 5.11 Å². The van der Waals surface area contributed by atoms with Crippen molar-refractivity contribution in [2.45, 2.75) is 0 Å². The zero-order valence-electron chi connectivity index (χ0n) is 4.40. The van der Waals surface area contributed by atoms with Crippen LogP contribution in [0.2, 0.25) is 0 Å². The van der Waals surface area contributed by atoms with Crippen molar-refractivity contribution in [3.05, 3.63) is 12.2 Å². The lowest BCUT2D eigenvalue weighted by atomic mass is 10.4. The van der Waals surface area contributed by atoms with Gasteiger partial charge in [0.25, 0.3) is 0 Å². The number of carbonyl (C=O) groups is 3. The molecular formula is C5H4O4. The van der Waals surface area contributed by atoms with Crippen molar-refractivity contribution in [3.8, 4) is 0 Å². The molecule has 0 rings (SSSR count). The molecule has 0 heterocycles. The molecule has 0 aromatic heterocycles. The first kappa shape index (κ1) is 7.55. The molecule has 0 amide bonds. The lowest BCUT2D eigenvalue weighted by Crippen LogP contribution is -1.94. The largest absolute Gasteiger partial charge is 0.478 e. The van der Waals surface area contributed by atoms with Gasteiger partial charge in [-0.1, -0.05) is 0 Å². The van der Waals surface area contributed by atoms with Crippen LogP contribution >= 0.6 is 0 Å². The number of carboxylic acid groups (broad SMARTS) is 1. The molecule has 0 fully saturated rings. The van der Waals surface area contributed by atoms with E-state index in [0.717, 1.165) is 0 Å². The molecule has 0 saturated heterocycles. The Morgan fingerprint density at radius 2 is 1.78 bits per heavy atom. The lowest BCUT2D eigenvalue weighted by molar-refractivity contribution is -0.131. The van der Waals surface area contributed by atoms with Crippen LogP contribution in [-0.2, 0) is 14.4 Å². The number of hydrogen-bond acceptors (Lipinski definition) is 3. The SMILES string of the molecule is O=CC(=O)/C=C/C(=O)O. The van der Waals surface area contributed by atoms with Crippen LogP contribution in [0.1, 0.15) is 0 Å². The van der Waals surface area contributed by atoms with Crippen LogP contribution < -0.4 is 0 Å². The monoisotopic (exact) mass is 128 g/mol. The maximum atomic E-state index is 10.00. The van der Waals surface area contributed by atoms with Gasteiger partial charge >= 0.3 is 5.97 Å². The van der Waals surface area contributed by atoms with E-state index in [-0.39, 0.29) is 6.29 Å². The second-order valence-electron chi connectivity index (χ2n) is 1.19. The molecule has 0 aliphatic heterocycles. The number of hydrogen-bond donors (Lipinski definition) is 1. The van der Waals surface area contributed by atoms with Crippen LogP contribution in [0.25, 0.3) is 0 Å². The average molecular weight is 128 g/mol. The van der Waals surface area contributed by atoms with Gasteiger partial charge in [-0.25, -0.2) is 4.79 Å². The molecule has 48 valence electrons. The van der Waals surface area contributed by atoms with Gasteiger partial charge in [0.05, 0.1) is 0 Å². The fraction of sp³-hybridized carbons (Fsp3) is 0. The molecule has 0 aromatic carbocycles. The van der Waals surface area contributed by atoms with Gasteiger partial charge in [0.15, 0.2) is 6.29 Å². The van der Waals surface area contributed by atoms with Crippen LogP contribution in [0.3, 0.4) is 0 Å². The quantitative estimate of drug-likeness (QED) is 0.313. The van der Waals surface area contributed by atoms with E-state index in [1.165, 1.54) is 0 Å². The molecule has 0 bridgehead atoms. The summed E-state index contributed by atoms with van der Waals surface area (Å²) in [7, 11) is 0. The number of ketones is 1. The van der Waals surface area contributed by atoms with Gasteiger partial charge in [-0.3, -0.25) is 9.59 Å². The standard InChI is InChI=1S/C5H4O4/c6-3-4(7)1-2-5(8)9/h1-3H,(H,8,9)/b2-1+. The highest BCUT2D eigenvalue weighted by molar-refractivity contribution is 6.31. The fourth-order valence-corrected chi connectivity index (χ4v) is 0.193. The minimum atomic E-state index is -1.25. The van der Waals surface area contributed by atoms with E-state index in [1.54, 1.807) is 0 Å². The van der Waals surface area contributed by atoms with Gasteiger partial charge in [-0.2, -0.15) is 0 Å². The molecule has 0 aliphatic rings. The second kappa shape index (κ2) is 3.54. The molecule has 0 radical (unpaired) electrons. The molecule has 0 aromatic rings. The van der Waals surface area contributed by atoms with Crippen molar-refractivity contribution in [1.82, 2.24) is 0 Å². The van der Waals surface area contributed by atoms with Gasteiger partial charge in [-0.05, 0) is 6.08 Å². The summed E-state index contributed by atoms with van der Waals surface area (Å²) in [5, 5.41) is 7.90. The molecule has 4 heteroatoms. The second-order valence-corrected chi connectivity index (χ2v) is 1.19. The Bertz CT molecular complexity index is 168. The Kier molecular flexibility index (Phi) is 2.97. The summed E-state index contributed by atoms with van der Waals surface area (Å²) < 4.78 is 0. The van der Waals surface area contributed by atoms with Crippen molar-refractivity contribution < 1.29 is 19.5 Å². The summed E-state index contributed by atoms with van der Waals surface area (Å²) in [6.07, 6.45) is 1.34. The van der Waals surface area contributed by atoms with E-state index < -0.39 is 11.8 Å². The zero-order valence-corrected chi connectivity index (χ0v) is 4.40. The zero-order chi connectivity index (χ0) is 7.28. The van der Waals surface area contributed by atoms with E-state index in [0.29, 0.717) is 12.2 Å². The van der Waals surface area contributed by atoms with E-state index in [9.17, 15) is 14.4 Å². The molecule has 0 spiro atoms. The molecule has 0 saturated carbocycles. The third kappa shape index (κ3) is 4.40. The fourth-order valence-electron chi connectivity index (χ4n) is 0.193. The molecular weight excluding hydrogens is 124 g/mol. The highest BCUT2D eigenvalue weighted by Crippen LogP contribution is 1.72. The summed E-state index contributed by atoms with van der Waals surface area (Å²) in [6, 6.07) is 0. The van der Waals surface area contributed by atoms with E-state index in [4.69, 9.17) is 5.11 Å². The van der Waals surface area contributed by atoms with Gasteiger partial charge in [-0.15, -0.1) is 0 Å². The maximum Gasteiger partial charge on any atom is 0.328 e. The van der Waals surface area contributed by atoms with Crippen LogP contribution in [0.4, 0.5) is 0 Å². The molecule has 9 heavy (non-hydrogen) atoms. The summed E-state index contributed by atoms with van der Waals surface area (Å²) in [6.45, 7) is 0. The number of carboxylic acids is 1. The number of carbonyl (C=O) groups excluding carboxylic acids is 2. The Hall–Kier alpha value is -1.45. The molecule has 1 N–H and O–H groups in total. The lowest BCUT2D eigenvalue weighted by Gasteiger charge is -1.74. The van der Waals surface area contributed by atoms with Crippen LogP contribution in [0, 0.1) is 0 Å². The van der Waals surface area contributed by atoms with E-state index in [2.05, 4.69) is 0 Å². The summed E-state index contributed by atoms with van der Waals surface area (Å²) in [4.78, 5) is 29.2. The van der Waals surface area contributed by atoms with Gasteiger partial charge in [0, 0.05) is 6.08 Å². The minimum Gasteiger partial charge on any atom is -0.478 e. The van der Waals surface area contributed by atoms with E-state index in [1.807, 2.05) is 0 Å². The number of aliphatic carboxylic acids is 1. The number of rotatable bonds is 3. The summed E-state index contributed by atoms with van der Waals surface area (Å²) >= 11 is 0. The van der Waals surface area contributed by atoms with Crippen LogP contribution in [0.5, 0.6) is 0 Å². The van der Waals surface area contributed by atoms with Gasteiger partial charge in [0.2, 0.25) is 5.78 Å². The Balaban J connectivity index is 3.85. The molecule has 0 unspecified atom stereocenters. The smallest absolute Gasteiger partial charge is 0.328 e. The highest BCUT2D eigenvalue weighted by atomic mass is 16.4. The van der Waals surface area contributed by atoms with Crippen molar-refractivity contribution >= 4 is 18.0 Å². The first-order chi connectivity index (χ1) is 4.16. The van der Waals surface area contributed by atoms with Crippen molar-refractivity contribution in [2.24, 2.45) is 0 Å². The van der Waals surface area contributed by atoms with Crippen LogP contribution in [-0.4, -0.2) is 23.1 Å². The van der Waals surface area contributed by atoms with E-state index >= 15 is 0 Å². The normalized spacial score (nSPS) is 9.33. The van der Waals surface area contributed by atoms with Crippen molar-refractivity contribution in [2.75, 3.05) is 0 Å². The third-order valence-electron chi connectivity index (χ3n) is 0.506. The summed E-state index contributed by atoms with van der Waals surface area (Å²) in [5.74, 6) is -2.09. The Labute approximate surface area is 50.8 Å². The summed E-state index contributed by atoms with van der Waals surface area (Å²) in [5.41, 5.74) is 0. The predicted octanol–water partition coefficient (Wildman–Crippen LogP) is -0.605. The third-order valence-corrected chi connectivity index (χ3v) is 0.506. The molecule has 4 nitrogen and oxygen atoms in total. The topological polar surface area (TPSA) is 71.4 Å². The van der Waals surface area contributed by atoms with Crippen molar-refractivity contribution in [1.29, 1.82) is 0 Å². The maximum absolute atomic E-state index is 10.00. The van der Waals surface area contributed by atoms with Crippen LogP contribution in [0.15, 0.2) is 12.2 Å². The molecule has 0 atom stereocenters. The van der Waals surface area contributed by atoms with Crippen molar-refractivity contribution in [3.63, 3.8) is 0 Å².